The molecule has 1 N–H and O–H groups in total. The first kappa shape index (κ1) is 13.3. The summed E-state index contributed by atoms with van der Waals surface area (Å²) in [6.07, 6.45) is 5.40. The van der Waals surface area contributed by atoms with Gasteiger partial charge in [-0.1, -0.05) is 6.92 Å². The van der Waals surface area contributed by atoms with Crippen LogP contribution in [0.4, 0.5) is 5.82 Å². The SMILES string of the molecule is CCCN1CCCC(Nc2ncnc(C)c2C)C1. The fourth-order valence-electron chi connectivity index (χ4n) is 2.57. The standard InChI is InChI=1S/C14H24N4/c1-4-7-18-8-5-6-13(9-18)17-14-11(2)12(3)15-10-16-14/h10,13H,4-9H2,1-3H3,(H,15,16,17). The van der Waals surface area contributed by atoms with Crippen LogP contribution in [0.2, 0.25) is 0 Å². The zero-order valence-corrected chi connectivity index (χ0v) is 11.7. The van der Waals surface area contributed by atoms with Crippen LogP contribution in [0.3, 0.4) is 0 Å². The lowest BCUT2D eigenvalue weighted by atomic mass is 10.1. The summed E-state index contributed by atoms with van der Waals surface area (Å²) < 4.78 is 0. The third-order valence-electron chi connectivity index (χ3n) is 3.72. The van der Waals surface area contributed by atoms with Crippen molar-refractivity contribution in [3.05, 3.63) is 17.6 Å². The molecule has 4 heteroatoms. The molecule has 0 aliphatic carbocycles. The van der Waals surface area contributed by atoms with E-state index >= 15 is 0 Å². The predicted octanol–water partition coefficient (Wildman–Crippen LogP) is 2.38. The van der Waals surface area contributed by atoms with E-state index in [0.29, 0.717) is 6.04 Å². The second-order valence-corrected chi connectivity index (χ2v) is 5.22. The quantitative estimate of drug-likeness (QED) is 0.888. The van der Waals surface area contributed by atoms with Crippen molar-refractivity contribution in [1.82, 2.24) is 14.9 Å². The highest BCUT2D eigenvalue weighted by molar-refractivity contribution is 5.45. The van der Waals surface area contributed by atoms with Crippen LogP contribution in [0.5, 0.6) is 0 Å². The van der Waals surface area contributed by atoms with E-state index in [4.69, 9.17) is 0 Å². The summed E-state index contributed by atoms with van der Waals surface area (Å²) in [5.74, 6) is 1.01. The molecule has 1 aromatic heterocycles. The molecule has 0 amide bonds. The second kappa shape index (κ2) is 6.14. The van der Waals surface area contributed by atoms with Crippen molar-refractivity contribution in [2.75, 3.05) is 25.0 Å². The van der Waals surface area contributed by atoms with E-state index in [1.165, 1.54) is 37.9 Å². The Kier molecular flexibility index (Phi) is 4.53. The van der Waals surface area contributed by atoms with E-state index in [0.717, 1.165) is 18.1 Å². The molecule has 0 saturated carbocycles. The fraction of sp³-hybridized carbons (Fsp3) is 0.714. The number of likely N-dealkylation sites (tertiary alicyclic amines) is 1. The van der Waals surface area contributed by atoms with E-state index in [-0.39, 0.29) is 0 Å². The molecule has 1 fully saturated rings. The van der Waals surface area contributed by atoms with Crippen LogP contribution in [0.25, 0.3) is 0 Å². The molecule has 100 valence electrons. The maximum absolute atomic E-state index is 4.36. The van der Waals surface area contributed by atoms with Crippen LogP contribution in [-0.4, -0.2) is 40.5 Å². The van der Waals surface area contributed by atoms with Gasteiger partial charge in [0, 0.05) is 23.8 Å². The normalized spacial score (nSPS) is 20.9. The van der Waals surface area contributed by atoms with Crippen LogP contribution in [-0.2, 0) is 0 Å². The third-order valence-corrected chi connectivity index (χ3v) is 3.72. The Morgan fingerprint density at radius 3 is 3.00 bits per heavy atom. The monoisotopic (exact) mass is 248 g/mol. The molecule has 0 radical (unpaired) electrons. The number of aryl methyl sites for hydroxylation is 1. The van der Waals surface area contributed by atoms with Crippen LogP contribution >= 0.6 is 0 Å². The van der Waals surface area contributed by atoms with E-state index < -0.39 is 0 Å². The van der Waals surface area contributed by atoms with Crippen LogP contribution < -0.4 is 5.32 Å². The van der Waals surface area contributed by atoms with Crippen molar-refractivity contribution in [3.63, 3.8) is 0 Å². The zero-order valence-electron chi connectivity index (χ0n) is 11.7. The smallest absolute Gasteiger partial charge is 0.132 e. The first-order chi connectivity index (χ1) is 8.70. The molecule has 1 unspecified atom stereocenters. The van der Waals surface area contributed by atoms with Gasteiger partial charge in [0.15, 0.2) is 0 Å². The van der Waals surface area contributed by atoms with Gasteiger partial charge in [0.1, 0.15) is 12.1 Å². The maximum Gasteiger partial charge on any atom is 0.132 e. The van der Waals surface area contributed by atoms with Crippen molar-refractivity contribution < 1.29 is 0 Å². The first-order valence-corrected chi connectivity index (χ1v) is 6.97. The lowest BCUT2D eigenvalue weighted by Crippen LogP contribution is -2.42. The number of aromatic nitrogens is 2. The molecule has 4 nitrogen and oxygen atoms in total. The molecular weight excluding hydrogens is 224 g/mol. The maximum atomic E-state index is 4.36. The minimum Gasteiger partial charge on any atom is -0.366 e. The molecule has 1 aliphatic heterocycles. The molecule has 2 heterocycles. The highest BCUT2D eigenvalue weighted by Crippen LogP contribution is 2.18. The summed E-state index contributed by atoms with van der Waals surface area (Å²) in [7, 11) is 0. The highest BCUT2D eigenvalue weighted by atomic mass is 15.2. The molecule has 0 bridgehead atoms. The summed E-state index contributed by atoms with van der Waals surface area (Å²) in [6, 6.07) is 0.526. The van der Waals surface area contributed by atoms with Gasteiger partial charge in [0.2, 0.25) is 0 Å². The third kappa shape index (κ3) is 3.19. The van der Waals surface area contributed by atoms with E-state index in [2.05, 4.69) is 34.0 Å². The van der Waals surface area contributed by atoms with Crippen molar-refractivity contribution >= 4 is 5.82 Å². The second-order valence-electron chi connectivity index (χ2n) is 5.22. The van der Waals surface area contributed by atoms with Gasteiger partial charge >= 0.3 is 0 Å². The van der Waals surface area contributed by atoms with Gasteiger partial charge in [0.25, 0.3) is 0 Å². The lowest BCUT2D eigenvalue weighted by Gasteiger charge is -2.33. The number of rotatable bonds is 4. The molecule has 0 spiro atoms. The first-order valence-electron chi connectivity index (χ1n) is 6.97. The van der Waals surface area contributed by atoms with Gasteiger partial charge < -0.3 is 10.2 Å². The minimum absolute atomic E-state index is 0.526. The Balaban J connectivity index is 1.98. The number of anilines is 1. The molecule has 18 heavy (non-hydrogen) atoms. The van der Waals surface area contributed by atoms with Crippen molar-refractivity contribution in [1.29, 1.82) is 0 Å². The van der Waals surface area contributed by atoms with Gasteiger partial charge in [-0.3, -0.25) is 0 Å². The molecule has 1 aliphatic rings. The Morgan fingerprint density at radius 1 is 1.39 bits per heavy atom. The van der Waals surface area contributed by atoms with Crippen LogP contribution in [0.15, 0.2) is 6.33 Å². The average molecular weight is 248 g/mol. The minimum atomic E-state index is 0.526. The number of nitrogens with zero attached hydrogens (tertiary/aromatic N) is 3. The Bertz CT molecular complexity index is 389. The van der Waals surface area contributed by atoms with Crippen molar-refractivity contribution in [2.45, 2.75) is 46.1 Å². The summed E-state index contributed by atoms with van der Waals surface area (Å²) in [6.45, 7) is 9.95. The van der Waals surface area contributed by atoms with Crippen molar-refractivity contribution in [2.24, 2.45) is 0 Å². The molecule has 1 aromatic rings. The summed E-state index contributed by atoms with van der Waals surface area (Å²) in [5.41, 5.74) is 2.24. The molecular formula is C14H24N4. The van der Waals surface area contributed by atoms with E-state index in [1.807, 2.05) is 6.92 Å². The molecule has 2 rings (SSSR count). The molecule has 1 saturated heterocycles. The number of piperidine rings is 1. The molecule has 0 aromatic carbocycles. The largest absolute Gasteiger partial charge is 0.366 e. The van der Waals surface area contributed by atoms with E-state index in [9.17, 15) is 0 Å². The fourth-order valence-corrected chi connectivity index (χ4v) is 2.57. The number of hydrogen-bond donors (Lipinski definition) is 1. The van der Waals surface area contributed by atoms with Gasteiger partial charge in [-0.25, -0.2) is 9.97 Å². The number of nitrogens with one attached hydrogen (secondary N) is 1. The Hall–Kier alpha value is -1.16. The van der Waals surface area contributed by atoms with E-state index in [1.54, 1.807) is 6.33 Å². The van der Waals surface area contributed by atoms with Crippen molar-refractivity contribution in [3.8, 4) is 0 Å². The van der Waals surface area contributed by atoms with Gasteiger partial charge in [-0.05, 0) is 46.2 Å². The summed E-state index contributed by atoms with van der Waals surface area (Å²) in [5, 5.41) is 3.59. The van der Waals surface area contributed by atoms with Gasteiger partial charge in [-0.2, -0.15) is 0 Å². The average Bonchev–Trinajstić information content (AvgIpc) is 2.36. The topological polar surface area (TPSA) is 41.0 Å². The Morgan fingerprint density at radius 2 is 2.22 bits per heavy atom. The van der Waals surface area contributed by atoms with Crippen LogP contribution in [0, 0.1) is 13.8 Å². The Labute approximate surface area is 110 Å². The predicted molar refractivity (Wildman–Crippen MR) is 74.9 cm³/mol. The summed E-state index contributed by atoms with van der Waals surface area (Å²) in [4.78, 5) is 11.1. The molecule has 1 atom stereocenters. The summed E-state index contributed by atoms with van der Waals surface area (Å²) >= 11 is 0. The zero-order chi connectivity index (χ0) is 13.0. The van der Waals surface area contributed by atoms with Gasteiger partial charge in [-0.15, -0.1) is 0 Å². The lowest BCUT2D eigenvalue weighted by molar-refractivity contribution is 0.216. The van der Waals surface area contributed by atoms with Crippen LogP contribution in [0.1, 0.15) is 37.4 Å². The number of hydrogen-bond acceptors (Lipinski definition) is 4. The van der Waals surface area contributed by atoms with Gasteiger partial charge in [0.05, 0.1) is 0 Å². The highest BCUT2D eigenvalue weighted by Gasteiger charge is 2.20.